The third kappa shape index (κ3) is 6.01. The maximum Gasteiger partial charge on any atom is 0.338 e. The normalized spacial score (nSPS) is 16.8. The van der Waals surface area contributed by atoms with Gasteiger partial charge in [-0.1, -0.05) is 39.4 Å². The number of allylic oxidation sites excluding steroid dienone is 1. The van der Waals surface area contributed by atoms with Gasteiger partial charge in [0.2, 0.25) is 0 Å². The van der Waals surface area contributed by atoms with Crippen molar-refractivity contribution in [3.63, 3.8) is 0 Å². The quantitative estimate of drug-likeness (QED) is 0.350. The van der Waals surface area contributed by atoms with Crippen molar-refractivity contribution in [3.05, 3.63) is 89.0 Å². The van der Waals surface area contributed by atoms with Gasteiger partial charge in [0.15, 0.2) is 11.4 Å². The second-order valence-electron chi connectivity index (χ2n) is 9.63. The van der Waals surface area contributed by atoms with Crippen LogP contribution in [-0.4, -0.2) is 54.8 Å². The largest absolute Gasteiger partial charge is 0.496 e. The van der Waals surface area contributed by atoms with Crippen LogP contribution in [0.5, 0.6) is 11.5 Å². The van der Waals surface area contributed by atoms with Crippen molar-refractivity contribution >= 4 is 45.2 Å². The molecular formula is C30H30BrN3O6S. The average Bonchev–Trinajstić information content (AvgIpc) is 3.60. The highest BCUT2D eigenvalue weighted by molar-refractivity contribution is 9.10. The van der Waals surface area contributed by atoms with Gasteiger partial charge in [0, 0.05) is 23.1 Å². The minimum atomic E-state index is -0.788. The van der Waals surface area contributed by atoms with Gasteiger partial charge < -0.3 is 19.1 Å². The van der Waals surface area contributed by atoms with E-state index in [2.05, 4.69) is 20.9 Å². The van der Waals surface area contributed by atoms with Gasteiger partial charge in [0.1, 0.15) is 17.5 Å². The van der Waals surface area contributed by atoms with Gasteiger partial charge in [-0.15, -0.1) is 0 Å². The monoisotopic (exact) mass is 639 g/mol. The van der Waals surface area contributed by atoms with Crippen molar-refractivity contribution in [1.82, 2.24) is 9.47 Å². The van der Waals surface area contributed by atoms with Crippen LogP contribution in [0, 0.1) is 0 Å². The summed E-state index contributed by atoms with van der Waals surface area (Å²) < 4.78 is 19.5. The number of fused-ring (bicyclic) bond motifs is 1. The fourth-order valence-corrected chi connectivity index (χ4v) is 6.44. The molecule has 1 saturated heterocycles. The summed E-state index contributed by atoms with van der Waals surface area (Å²) in [6, 6.07) is 11.9. The fraction of sp³-hybridized carbons (Fsp3) is 0.333. The number of rotatable bonds is 8. The standard InChI is InChI=1S/C30H30BrN3O6S/c1-4-39-29(37)26-18(2)32-30-34(27(26)22-16-20(31)9-12-23(22)38-3)28(36)24(41-30)15-19-7-10-21(11-8-19)40-17-25(35)33-13-5-6-14-33/h7-12,15-16,27H,4-6,13-14,17H2,1-3H3/b24-15-/t27-/m0/s1. The van der Waals surface area contributed by atoms with E-state index in [4.69, 9.17) is 14.2 Å². The van der Waals surface area contributed by atoms with Crippen molar-refractivity contribution in [2.45, 2.75) is 32.7 Å². The molecule has 214 valence electrons. The number of benzene rings is 2. The van der Waals surface area contributed by atoms with E-state index < -0.39 is 12.0 Å². The van der Waals surface area contributed by atoms with Crippen molar-refractivity contribution in [2.24, 2.45) is 4.99 Å². The molecular weight excluding hydrogens is 610 g/mol. The molecule has 2 aliphatic rings. The zero-order valence-corrected chi connectivity index (χ0v) is 25.4. The summed E-state index contributed by atoms with van der Waals surface area (Å²) in [5.74, 6) is 0.561. The Morgan fingerprint density at radius 2 is 1.88 bits per heavy atom. The summed E-state index contributed by atoms with van der Waals surface area (Å²) in [4.78, 5) is 46.2. The lowest BCUT2D eigenvalue weighted by Crippen LogP contribution is -2.40. The van der Waals surface area contributed by atoms with E-state index in [9.17, 15) is 14.4 Å². The van der Waals surface area contributed by atoms with Crippen molar-refractivity contribution in [1.29, 1.82) is 0 Å². The number of esters is 1. The van der Waals surface area contributed by atoms with Crippen LogP contribution in [0.15, 0.2) is 68.0 Å². The molecule has 1 fully saturated rings. The first-order valence-corrected chi connectivity index (χ1v) is 15.0. The molecule has 5 rings (SSSR count). The molecule has 2 aromatic carbocycles. The van der Waals surface area contributed by atoms with Crippen molar-refractivity contribution < 1.29 is 23.8 Å². The molecule has 0 aliphatic carbocycles. The van der Waals surface area contributed by atoms with E-state index in [1.165, 1.54) is 15.9 Å². The summed E-state index contributed by atoms with van der Waals surface area (Å²) in [6.07, 6.45) is 3.85. The molecule has 2 aliphatic heterocycles. The number of likely N-dealkylation sites (tertiary alicyclic amines) is 1. The number of hydrogen-bond donors (Lipinski definition) is 0. The molecule has 0 spiro atoms. The van der Waals surface area contributed by atoms with Crippen LogP contribution >= 0.6 is 27.3 Å². The Hall–Kier alpha value is -3.70. The number of methoxy groups -OCH3 is 1. The van der Waals surface area contributed by atoms with Gasteiger partial charge in [0.25, 0.3) is 11.5 Å². The van der Waals surface area contributed by atoms with Gasteiger partial charge in [-0.25, -0.2) is 9.79 Å². The molecule has 3 heterocycles. The lowest BCUT2D eigenvalue weighted by molar-refractivity contribution is -0.139. The molecule has 3 aromatic rings. The zero-order valence-electron chi connectivity index (χ0n) is 23.0. The lowest BCUT2D eigenvalue weighted by Gasteiger charge is -2.26. The first kappa shape index (κ1) is 28.8. The molecule has 1 amide bonds. The Kier molecular flexibility index (Phi) is 8.74. The van der Waals surface area contributed by atoms with Gasteiger partial charge in [0.05, 0.1) is 29.5 Å². The van der Waals surface area contributed by atoms with Gasteiger partial charge in [-0.05, 0) is 68.7 Å². The maximum absolute atomic E-state index is 13.9. The highest BCUT2D eigenvalue weighted by Crippen LogP contribution is 2.37. The number of aromatic nitrogens is 1. The van der Waals surface area contributed by atoms with Crippen molar-refractivity contribution in [3.8, 4) is 11.5 Å². The second kappa shape index (κ2) is 12.4. The summed E-state index contributed by atoms with van der Waals surface area (Å²) >= 11 is 4.76. The second-order valence-corrected chi connectivity index (χ2v) is 11.6. The van der Waals surface area contributed by atoms with Crippen LogP contribution in [0.25, 0.3) is 6.08 Å². The van der Waals surface area contributed by atoms with Crippen LogP contribution in [-0.2, 0) is 14.3 Å². The van der Waals surface area contributed by atoms with Crippen LogP contribution in [0.2, 0.25) is 0 Å². The molecule has 1 aromatic heterocycles. The number of amides is 1. The van der Waals surface area contributed by atoms with Crippen LogP contribution in [0.1, 0.15) is 43.9 Å². The Labute approximate surface area is 249 Å². The lowest BCUT2D eigenvalue weighted by atomic mass is 9.95. The SMILES string of the molecule is CCOC(=O)C1=C(C)N=c2s/c(=C\c3ccc(OCC(=O)N4CCCC4)cc3)c(=O)n2[C@H]1c1cc(Br)ccc1OC. The summed E-state index contributed by atoms with van der Waals surface area (Å²) in [6.45, 7) is 5.24. The average molecular weight is 641 g/mol. The first-order chi connectivity index (χ1) is 19.8. The number of carbonyl (C=O) groups excluding carboxylic acids is 2. The molecule has 41 heavy (non-hydrogen) atoms. The highest BCUT2D eigenvalue weighted by Gasteiger charge is 2.35. The van der Waals surface area contributed by atoms with Crippen LogP contribution in [0.4, 0.5) is 0 Å². The Bertz CT molecular complexity index is 1690. The number of hydrogen-bond acceptors (Lipinski definition) is 8. The van der Waals surface area contributed by atoms with Gasteiger partial charge in [-0.3, -0.25) is 14.2 Å². The van der Waals surface area contributed by atoms with E-state index in [1.807, 2.05) is 29.2 Å². The Morgan fingerprint density at radius 1 is 1.15 bits per heavy atom. The number of carbonyl (C=O) groups is 2. The molecule has 0 unspecified atom stereocenters. The topological polar surface area (TPSA) is 99.4 Å². The molecule has 0 N–H and O–H groups in total. The molecule has 0 radical (unpaired) electrons. The van der Waals surface area contributed by atoms with E-state index in [0.29, 0.717) is 32.1 Å². The van der Waals surface area contributed by atoms with Crippen LogP contribution < -0.4 is 24.4 Å². The predicted molar refractivity (Wildman–Crippen MR) is 159 cm³/mol. The van der Waals surface area contributed by atoms with E-state index in [1.54, 1.807) is 45.2 Å². The summed E-state index contributed by atoms with van der Waals surface area (Å²) in [5.41, 5.74) is 1.90. The van der Waals surface area contributed by atoms with Crippen molar-refractivity contribution in [2.75, 3.05) is 33.4 Å². The smallest absolute Gasteiger partial charge is 0.338 e. The molecule has 1 atom stereocenters. The third-order valence-electron chi connectivity index (χ3n) is 7.00. The van der Waals surface area contributed by atoms with E-state index >= 15 is 0 Å². The summed E-state index contributed by atoms with van der Waals surface area (Å²) in [7, 11) is 1.55. The Morgan fingerprint density at radius 3 is 2.56 bits per heavy atom. The summed E-state index contributed by atoms with van der Waals surface area (Å²) in [5, 5.41) is 0. The predicted octanol–water partition coefficient (Wildman–Crippen LogP) is 3.57. The molecule has 9 nitrogen and oxygen atoms in total. The van der Waals surface area contributed by atoms with Crippen LogP contribution in [0.3, 0.4) is 0 Å². The fourth-order valence-electron chi connectivity index (χ4n) is 5.02. The molecule has 11 heteroatoms. The van der Waals surface area contributed by atoms with Gasteiger partial charge in [-0.2, -0.15) is 0 Å². The van der Waals surface area contributed by atoms with E-state index in [-0.39, 0.29) is 30.3 Å². The molecule has 0 bridgehead atoms. The van der Waals surface area contributed by atoms with E-state index in [0.717, 1.165) is 36.0 Å². The minimum absolute atomic E-state index is 0.000834. The third-order valence-corrected chi connectivity index (χ3v) is 8.48. The number of halogens is 1. The number of thiazole rings is 1. The number of ether oxygens (including phenoxy) is 3. The minimum Gasteiger partial charge on any atom is -0.496 e. The van der Waals surface area contributed by atoms with Gasteiger partial charge >= 0.3 is 5.97 Å². The molecule has 0 saturated carbocycles. The Balaban J connectivity index is 1.51. The number of nitrogens with zero attached hydrogens (tertiary/aromatic N) is 3. The zero-order chi connectivity index (χ0) is 29.1. The highest BCUT2D eigenvalue weighted by atomic mass is 79.9. The first-order valence-electron chi connectivity index (χ1n) is 13.3. The maximum atomic E-state index is 13.9.